The third kappa shape index (κ3) is 2.92. The summed E-state index contributed by atoms with van der Waals surface area (Å²) in [5.41, 5.74) is 0.819. The predicted octanol–water partition coefficient (Wildman–Crippen LogP) is 2.31. The number of likely N-dealkylation sites (tertiary alicyclic amines) is 2. The second kappa shape index (κ2) is 6.15. The molecule has 3 fully saturated rings. The number of thiazole rings is 1. The van der Waals surface area contributed by atoms with Crippen LogP contribution in [0.1, 0.15) is 47.6 Å². The average Bonchev–Trinajstić information content (AvgIpc) is 3.22. The minimum absolute atomic E-state index is 0.109. The summed E-state index contributed by atoms with van der Waals surface area (Å²) in [7, 11) is 0. The number of aromatic nitrogens is 1. The molecule has 0 aliphatic carbocycles. The Kier molecular flexibility index (Phi) is 4.15. The van der Waals surface area contributed by atoms with Crippen LogP contribution in [-0.4, -0.2) is 65.1 Å². The van der Waals surface area contributed by atoms with Crippen LogP contribution in [0.4, 0.5) is 0 Å². The predicted molar refractivity (Wildman–Crippen MR) is 89.9 cm³/mol. The number of hydrogen-bond acceptors (Lipinski definition) is 5. The molecule has 0 bridgehead atoms. The third-order valence-electron chi connectivity index (χ3n) is 5.65. The summed E-state index contributed by atoms with van der Waals surface area (Å²) in [4.78, 5) is 21.7. The molecule has 5 nitrogen and oxygen atoms in total. The fourth-order valence-corrected chi connectivity index (χ4v) is 4.86. The number of hydrogen-bond donors (Lipinski definition) is 0. The topological polar surface area (TPSA) is 45.7 Å². The van der Waals surface area contributed by atoms with Gasteiger partial charge in [-0.2, -0.15) is 0 Å². The van der Waals surface area contributed by atoms with Crippen LogP contribution in [0.15, 0.2) is 5.38 Å². The van der Waals surface area contributed by atoms with Gasteiger partial charge in [-0.1, -0.05) is 0 Å². The smallest absolute Gasteiger partial charge is 0.273 e. The molecule has 1 aromatic heterocycles. The van der Waals surface area contributed by atoms with Crippen molar-refractivity contribution in [3.63, 3.8) is 0 Å². The lowest BCUT2D eigenvalue weighted by Gasteiger charge is -2.57. The van der Waals surface area contributed by atoms with E-state index in [1.807, 2.05) is 17.2 Å². The first kappa shape index (κ1) is 15.5. The lowest BCUT2D eigenvalue weighted by Crippen LogP contribution is -2.68. The Hall–Kier alpha value is -0.980. The summed E-state index contributed by atoms with van der Waals surface area (Å²) < 4.78 is 5.81. The highest BCUT2D eigenvalue weighted by atomic mass is 32.1. The Labute approximate surface area is 141 Å². The normalized spacial score (nSPS) is 31.5. The second-order valence-electron chi connectivity index (χ2n) is 7.14. The molecular formula is C17H25N3O2S. The van der Waals surface area contributed by atoms with Crippen molar-refractivity contribution in [3.8, 4) is 0 Å². The molecule has 0 unspecified atom stereocenters. The number of amides is 1. The average molecular weight is 335 g/mol. The highest BCUT2D eigenvalue weighted by Crippen LogP contribution is 2.39. The van der Waals surface area contributed by atoms with Crippen LogP contribution in [0.25, 0.3) is 0 Å². The maximum atomic E-state index is 12.7. The van der Waals surface area contributed by atoms with E-state index in [4.69, 9.17) is 4.74 Å². The summed E-state index contributed by atoms with van der Waals surface area (Å²) in [5, 5.41) is 2.85. The van der Waals surface area contributed by atoms with Gasteiger partial charge in [0.1, 0.15) is 5.69 Å². The van der Waals surface area contributed by atoms with Crippen molar-refractivity contribution in [2.45, 2.75) is 50.7 Å². The van der Waals surface area contributed by atoms with Crippen molar-refractivity contribution in [1.29, 1.82) is 0 Å². The molecule has 6 heteroatoms. The van der Waals surface area contributed by atoms with Crippen molar-refractivity contribution >= 4 is 17.2 Å². The highest BCUT2D eigenvalue weighted by molar-refractivity contribution is 7.09. The van der Waals surface area contributed by atoms with E-state index in [0.717, 1.165) is 44.2 Å². The van der Waals surface area contributed by atoms with E-state index in [9.17, 15) is 4.79 Å². The molecule has 0 N–H and O–H groups in total. The Morgan fingerprint density at radius 2 is 2.35 bits per heavy atom. The van der Waals surface area contributed by atoms with Crippen LogP contribution in [-0.2, 0) is 4.74 Å². The molecule has 2 atom stereocenters. The molecule has 1 aromatic rings. The maximum Gasteiger partial charge on any atom is 0.273 e. The molecule has 23 heavy (non-hydrogen) atoms. The van der Waals surface area contributed by atoms with E-state index in [0.29, 0.717) is 11.8 Å². The van der Waals surface area contributed by atoms with Gasteiger partial charge >= 0.3 is 0 Å². The molecule has 0 saturated carbocycles. The summed E-state index contributed by atoms with van der Waals surface area (Å²) >= 11 is 1.55. The number of carbonyl (C=O) groups excluding carboxylic acids is 1. The van der Waals surface area contributed by atoms with Gasteiger partial charge in [-0.3, -0.25) is 9.69 Å². The third-order valence-corrected chi connectivity index (χ3v) is 6.42. The van der Waals surface area contributed by atoms with E-state index in [-0.39, 0.29) is 11.4 Å². The Balaban J connectivity index is 1.43. The summed E-state index contributed by atoms with van der Waals surface area (Å²) in [6, 6.07) is 0. The van der Waals surface area contributed by atoms with Crippen molar-refractivity contribution < 1.29 is 9.53 Å². The van der Waals surface area contributed by atoms with Gasteiger partial charge in [0.2, 0.25) is 0 Å². The minimum Gasteiger partial charge on any atom is -0.377 e. The fourth-order valence-electron chi connectivity index (χ4n) is 4.28. The molecular weight excluding hydrogens is 310 g/mol. The monoisotopic (exact) mass is 335 g/mol. The zero-order chi connectivity index (χ0) is 15.9. The number of rotatable bonds is 3. The molecule has 1 spiro atoms. The molecule has 3 saturated heterocycles. The first-order valence-electron chi connectivity index (χ1n) is 8.74. The van der Waals surface area contributed by atoms with Crippen LogP contribution < -0.4 is 0 Å². The first-order valence-corrected chi connectivity index (χ1v) is 9.62. The van der Waals surface area contributed by atoms with Crippen molar-refractivity contribution in [3.05, 3.63) is 16.1 Å². The van der Waals surface area contributed by atoms with Crippen molar-refractivity contribution in [1.82, 2.24) is 14.8 Å². The summed E-state index contributed by atoms with van der Waals surface area (Å²) in [5.74, 6) is 0.109. The second-order valence-corrected chi connectivity index (χ2v) is 8.20. The molecule has 4 rings (SSSR count). The minimum atomic E-state index is 0.109. The first-order chi connectivity index (χ1) is 11.2. The Bertz CT molecular complexity index is 584. The van der Waals surface area contributed by atoms with Gasteiger partial charge in [-0.05, 0) is 39.0 Å². The lowest BCUT2D eigenvalue weighted by molar-refractivity contribution is -0.0807. The van der Waals surface area contributed by atoms with Gasteiger partial charge in [0.25, 0.3) is 5.91 Å². The molecule has 4 heterocycles. The van der Waals surface area contributed by atoms with E-state index >= 15 is 0 Å². The van der Waals surface area contributed by atoms with Gasteiger partial charge < -0.3 is 9.64 Å². The number of piperidine rings is 1. The molecule has 126 valence electrons. The quantitative estimate of drug-likeness (QED) is 0.850. The number of aryl methyl sites for hydroxylation is 1. The largest absolute Gasteiger partial charge is 0.377 e. The number of ether oxygens (including phenoxy) is 1. The molecule has 1 amide bonds. The zero-order valence-corrected chi connectivity index (χ0v) is 14.6. The summed E-state index contributed by atoms with van der Waals surface area (Å²) in [6.07, 6.45) is 6.29. The number of nitrogens with zero attached hydrogens (tertiary/aromatic N) is 3. The SMILES string of the molecule is Cc1nc(C(=O)N2CCC[C@@]3(CCN3C[C@H]3CCCO3)C2)cs1. The molecule has 3 aliphatic heterocycles. The Morgan fingerprint density at radius 1 is 1.43 bits per heavy atom. The van der Waals surface area contributed by atoms with E-state index < -0.39 is 0 Å². The van der Waals surface area contributed by atoms with Crippen molar-refractivity contribution in [2.75, 3.05) is 32.8 Å². The van der Waals surface area contributed by atoms with Gasteiger partial charge in [0.15, 0.2) is 0 Å². The van der Waals surface area contributed by atoms with Crippen LogP contribution in [0.5, 0.6) is 0 Å². The van der Waals surface area contributed by atoms with Crippen LogP contribution >= 0.6 is 11.3 Å². The van der Waals surface area contributed by atoms with E-state index in [1.54, 1.807) is 11.3 Å². The van der Waals surface area contributed by atoms with Gasteiger partial charge in [0.05, 0.1) is 11.1 Å². The van der Waals surface area contributed by atoms with Gasteiger partial charge in [0, 0.05) is 43.7 Å². The fraction of sp³-hybridized carbons (Fsp3) is 0.765. The van der Waals surface area contributed by atoms with Gasteiger partial charge in [-0.25, -0.2) is 4.98 Å². The van der Waals surface area contributed by atoms with Gasteiger partial charge in [-0.15, -0.1) is 11.3 Å². The number of carbonyl (C=O) groups is 1. The molecule has 0 aromatic carbocycles. The Morgan fingerprint density at radius 3 is 3.00 bits per heavy atom. The highest BCUT2D eigenvalue weighted by Gasteiger charge is 2.48. The molecule has 3 aliphatic rings. The standard InChI is InChI=1S/C17H25N3O2S/c1-13-18-15(11-23-13)16(21)19-7-3-5-17(12-19)6-8-20(17)10-14-4-2-9-22-14/h11,14H,2-10,12H2,1H3/t14-,17-/m1/s1. The van der Waals surface area contributed by atoms with Crippen LogP contribution in [0, 0.1) is 6.92 Å². The van der Waals surface area contributed by atoms with E-state index in [2.05, 4.69) is 9.88 Å². The zero-order valence-electron chi connectivity index (χ0n) is 13.8. The summed E-state index contributed by atoms with van der Waals surface area (Å²) in [6.45, 7) is 6.78. The van der Waals surface area contributed by atoms with Crippen molar-refractivity contribution in [2.24, 2.45) is 0 Å². The van der Waals surface area contributed by atoms with E-state index in [1.165, 1.54) is 25.7 Å². The molecule has 0 radical (unpaired) electrons. The van der Waals surface area contributed by atoms with Crippen LogP contribution in [0.2, 0.25) is 0 Å². The van der Waals surface area contributed by atoms with Crippen LogP contribution in [0.3, 0.4) is 0 Å². The lowest BCUT2D eigenvalue weighted by atomic mass is 9.77. The maximum absolute atomic E-state index is 12.7.